The summed E-state index contributed by atoms with van der Waals surface area (Å²) >= 11 is 3.75. The Labute approximate surface area is 123 Å². The number of ether oxygens (including phenoxy) is 1. The van der Waals surface area contributed by atoms with E-state index in [1.54, 1.807) is 18.4 Å². The molecule has 0 radical (unpaired) electrons. The Hall–Kier alpha value is -0.800. The van der Waals surface area contributed by atoms with Gasteiger partial charge in [-0.1, -0.05) is 0 Å². The van der Waals surface area contributed by atoms with Gasteiger partial charge in [0, 0.05) is 18.2 Å². The lowest BCUT2D eigenvalue weighted by atomic mass is 10.3. The summed E-state index contributed by atoms with van der Waals surface area (Å²) in [5.74, 6) is 1.19. The van der Waals surface area contributed by atoms with Crippen molar-refractivity contribution in [2.75, 3.05) is 12.8 Å². The molecule has 0 saturated heterocycles. The number of hydrogen-bond acceptors (Lipinski definition) is 6. The Kier molecular flexibility index (Phi) is 4.46. The predicted molar refractivity (Wildman–Crippen MR) is 79.5 cm³/mol. The Morgan fingerprint density at radius 1 is 1.39 bits per heavy atom. The molecule has 5 nitrogen and oxygen atoms in total. The molecule has 2 rings (SSSR count). The van der Waals surface area contributed by atoms with Crippen molar-refractivity contribution in [1.29, 1.82) is 0 Å². The number of methoxy groups -OCH3 is 1. The minimum Gasteiger partial charge on any atom is -0.383 e. The number of nitrogens with two attached hydrogens (primary N) is 1. The van der Waals surface area contributed by atoms with Crippen LogP contribution in [-0.2, 0) is 17.8 Å². The number of nitrogen functional groups attached to an aromatic ring is 1. The van der Waals surface area contributed by atoms with Crippen molar-refractivity contribution in [3.63, 3.8) is 0 Å². The maximum Gasteiger partial charge on any atom is 0.141 e. The van der Waals surface area contributed by atoms with Crippen molar-refractivity contribution in [3.05, 3.63) is 31.2 Å². The lowest BCUT2D eigenvalue weighted by Crippen LogP contribution is -2.08. The molecular weight excluding hydrogens is 363 g/mol. The van der Waals surface area contributed by atoms with Gasteiger partial charge >= 0.3 is 0 Å². The van der Waals surface area contributed by atoms with Crippen LogP contribution in [0.4, 0.5) is 5.82 Å². The Morgan fingerprint density at radius 3 is 2.78 bits per heavy atom. The van der Waals surface area contributed by atoms with Gasteiger partial charge in [0.05, 0.1) is 22.3 Å². The van der Waals surface area contributed by atoms with Crippen LogP contribution in [0.2, 0.25) is 0 Å². The van der Waals surface area contributed by atoms with E-state index in [4.69, 9.17) is 10.5 Å². The van der Waals surface area contributed by atoms with Crippen molar-refractivity contribution >= 4 is 39.7 Å². The Bertz CT molecular complexity index is 558. The molecule has 0 saturated carbocycles. The lowest BCUT2D eigenvalue weighted by Gasteiger charge is -2.07. The molecule has 0 aliphatic rings. The zero-order chi connectivity index (χ0) is 13.1. The van der Waals surface area contributed by atoms with Crippen LogP contribution in [0.25, 0.3) is 0 Å². The van der Waals surface area contributed by atoms with Crippen molar-refractivity contribution < 1.29 is 4.74 Å². The number of hydrogen-bond donors (Lipinski definition) is 1. The summed E-state index contributed by atoms with van der Waals surface area (Å²) in [7, 11) is 1.64. The number of nitrogens with zero attached hydrogens (tertiary/aromatic N) is 3. The minimum atomic E-state index is 0.439. The maximum atomic E-state index is 5.88. The van der Waals surface area contributed by atoms with Gasteiger partial charge < -0.3 is 10.5 Å². The van der Waals surface area contributed by atoms with Crippen molar-refractivity contribution in [3.8, 4) is 0 Å². The van der Waals surface area contributed by atoms with Crippen LogP contribution in [0.1, 0.15) is 22.2 Å². The first-order chi connectivity index (χ1) is 8.60. The Balaban J connectivity index is 2.28. The van der Waals surface area contributed by atoms with Gasteiger partial charge in [-0.25, -0.2) is 15.0 Å². The van der Waals surface area contributed by atoms with Crippen LogP contribution in [0.3, 0.4) is 0 Å². The van der Waals surface area contributed by atoms with Crippen LogP contribution >= 0.6 is 33.9 Å². The topological polar surface area (TPSA) is 73.9 Å². The van der Waals surface area contributed by atoms with Crippen LogP contribution in [0.15, 0.2) is 5.38 Å². The van der Waals surface area contributed by atoms with E-state index in [9.17, 15) is 0 Å². The SMILES string of the molecule is COCc1nc(Cc2nc(C)cs2)nc(N)c1I. The number of thiazole rings is 1. The number of aryl methyl sites for hydroxylation is 1. The zero-order valence-corrected chi connectivity index (χ0v) is 13.1. The fourth-order valence-corrected chi connectivity index (χ4v) is 2.66. The number of halogens is 1. The number of aromatic nitrogens is 3. The summed E-state index contributed by atoms with van der Waals surface area (Å²) in [6, 6.07) is 0. The van der Waals surface area contributed by atoms with Gasteiger partial charge in [0.1, 0.15) is 16.6 Å². The van der Waals surface area contributed by atoms with Crippen LogP contribution in [0, 0.1) is 10.5 Å². The van der Waals surface area contributed by atoms with Crippen molar-refractivity contribution in [1.82, 2.24) is 15.0 Å². The average Bonchev–Trinajstić information content (AvgIpc) is 2.71. The van der Waals surface area contributed by atoms with Crippen LogP contribution in [0.5, 0.6) is 0 Å². The van der Waals surface area contributed by atoms with Crippen LogP contribution in [-0.4, -0.2) is 22.1 Å². The molecule has 18 heavy (non-hydrogen) atoms. The zero-order valence-electron chi connectivity index (χ0n) is 10.1. The van der Waals surface area contributed by atoms with Gasteiger partial charge in [-0.2, -0.15) is 0 Å². The smallest absolute Gasteiger partial charge is 0.141 e. The molecule has 2 heterocycles. The minimum absolute atomic E-state index is 0.439. The first-order valence-corrected chi connectivity index (χ1v) is 7.26. The fraction of sp³-hybridized carbons (Fsp3) is 0.364. The third kappa shape index (κ3) is 3.15. The quantitative estimate of drug-likeness (QED) is 0.828. The number of anilines is 1. The molecule has 2 aromatic rings. The molecule has 96 valence electrons. The summed E-state index contributed by atoms with van der Waals surface area (Å²) in [6.07, 6.45) is 0.607. The normalized spacial score (nSPS) is 10.8. The van der Waals surface area contributed by atoms with Gasteiger partial charge in [-0.05, 0) is 29.5 Å². The summed E-state index contributed by atoms with van der Waals surface area (Å²) in [6.45, 7) is 2.41. The highest BCUT2D eigenvalue weighted by molar-refractivity contribution is 14.1. The standard InChI is InChI=1S/C11H13IN4OS/c1-6-5-18-9(14-6)3-8-15-7(4-17-2)10(12)11(13)16-8/h5H,3-4H2,1-2H3,(H2,13,15,16). The van der Waals surface area contributed by atoms with E-state index in [0.717, 1.165) is 20.0 Å². The van der Waals surface area contributed by atoms with Gasteiger partial charge in [0.15, 0.2) is 0 Å². The first-order valence-electron chi connectivity index (χ1n) is 5.31. The average molecular weight is 376 g/mol. The van der Waals surface area contributed by atoms with Crippen LogP contribution < -0.4 is 5.73 Å². The van der Waals surface area contributed by atoms with Gasteiger partial charge in [-0.15, -0.1) is 11.3 Å². The van der Waals surface area contributed by atoms with Crippen molar-refractivity contribution in [2.24, 2.45) is 0 Å². The third-order valence-corrected chi connectivity index (χ3v) is 4.39. The second-order valence-electron chi connectivity index (χ2n) is 3.78. The van der Waals surface area contributed by atoms with E-state index in [0.29, 0.717) is 24.7 Å². The molecule has 7 heteroatoms. The molecular formula is C11H13IN4OS. The second-order valence-corrected chi connectivity index (χ2v) is 5.80. The van der Waals surface area contributed by atoms with Gasteiger partial charge in [0.25, 0.3) is 0 Å². The van der Waals surface area contributed by atoms with Crippen molar-refractivity contribution in [2.45, 2.75) is 20.0 Å². The largest absolute Gasteiger partial charge is 0.383 e. The van der Waals surface area contributed by atoms with E-state index < -0.39 is 0 Å². The summed E-state index contributed by atoms with van der Waals surface area (Å²) < 4.78 is 5.96. The van der Waals surface area contributed by atoms with E-state index in [1.165, 1.54) is 0 Å². The number of rotatable bonds is 4. The summed E-state index contributed by atoms with van der Waals surface area (Å²) in [4.78, 5) is 13.2. The molecule has 0 bridgehead atoms. The van der Waals surface area contributed by atoms with E-state index in [-0.39, 0.29) is 0 Å². The molecule has 0 spiro atoms. The third-order valence-electron chi connectivity index (χ3n) is 2.25. The molecule has 0 atom stereocenters. The molecule has 2 N–H and O–H groups in total. The highest BCUT2D eigenvalue weighted by Crippen LogP contribution is 2.19. The van der Waals surface area contributed by atoms with Gasteiger partial charge in [-0.3, -0.25) is 0 Å². The maximum absolute atomic E-state index is 5.88. The first kappa shape index (κ1) is 13.6. The molecule has 0 fully saturated rings. The van der Waals surface area contributed by atoms with E-state index >= 15 is 0 Å². The molecule has 0 aliphatic heterocycles. The lowest BCUT2D eigenvalue weighted by molar-refractivity contribution is 0.180. The predicted octanol–water partition coefficient (Wildman–Crippen LogP) is 2.17. The monoisotopic (exact) mass is 376 g/mol. The molecule has 0 aromatic carbocycles. The van der Waals surface area contributed by atoms with Gasteiger partial charge in [0.2, 0.25) is 0 Å². The second kappa shape index (κ2) is 5.89. The fourth-order valence-electron chi connectivity index (χ4n) is 1.50. The molecule has 0 aliphatic carbocycles. The molecule has 0 amide bonds. The molecule has 0 unspecified atom stereocenters. The highest BCUT2D eigenvalue weighted by Gasteiger charge is 2.11. The Morgan fingerprint density at radius 2 is 2.17 bits per heavy atom. The molecule has 2 aromatic heterocycles. The summed E-state index contributed by atoms with van der Waals surface area (Å²) in [5, 5.41) is 3.01. The highest BCUT2D eigenvalue weighted by atomic mass is 127. The van der Waals surface area contributed by atoms with E-state index in [1.807, 2.05) is 12.3 Å². The summed E-state index contributed by atoms with van der Waals surface area (Å²) in [5.41, 5.74) is 7.73. The van der Waals surface area contributed by atoms with E-state index in [2.05, 4.69) is 37.5 Å².